The minimum absolute atomic E-state index is 0.0507. The summed E-state index contributed by atoms with van der Waals surface area (Å²) < 4.78 is 0. The van der Waals surface area contributed by atoms with E-state index in [4.69, 9.17) is 0 Å². The van der Waals surface area contributed by atoms with Gasteiger partial charge in [-0.1, -0.05) is 30.4 Å². The number of aliphatic hydroxyl groups is 1. The van der Waals surface area contributed by atoms with Crippen LogP contribution in [0.25, 0.3) is 0 Å². The minimum Gasteiger partial charge on any atom is -0.396 e. The van der Waals surface area contributed by atoms with E-state index in [9.17, 15) is 14.7 Å². The number of benzene rings is 1. The lowest BCUT2D eigenvalue weighted by atomic mass is 9.99. The lowest BCUT2D eigenvalue weighted by Crippen LogP contribution is -2.53. The first-order valence-electron chi connectivity index (χ1n) is 8.64. The van der Waals surface area contributed by atoms with E-state index in [1.807, 2.05) is 30.4 Å². The van der Waals surface area contributed by atoms with Gasteiger partial charge in [0.25, 0.3) is 5.91 Å². The molecule has 2 N–H and O–H groups in total. The predicted octanol–water partition coefficient (Wildman–Crippen LogP) is 1.73. The van der Waals surface area contributed by atoms with Crippen LogP contribution >= 0.6 is 0 Å². The van der Waals surface area contributed by atoms with Crippen molar-refractivity contribution in [2.75, 3.05) is 13.2 Å². The van der Waals surface area contributed by atoms with Crippen molar-refractivity contribution in [3.63, 3.8) is 0 Å². The predicted molar refractivity (Wildman–Crippen MR) is 91.4 cm³/mol. The quantitative estimate of drug-likeness (QED) is 0.827. The van der Waals surface area contributed by atoms with E-state index in [0.717, 1.165) is 19.3 Å². The summed E-state index contributed by atoms with van der Waals surface area (Å²) in [5.41, 5.74) is 0.623. The average Bonchev–Trinajstić information content (AvgIpc) is 3.09. The summed E-state index contributed by atoms with van der Waals surface area (Å²) in [6.07, 6.45) is 7.18. The fraction of sp³-hybridized carbons (Fsp3) is 0.474. The number of nitrogens with zero attached hydrogens (tertiary/aromatic N) is 1. The van der Waals surface area contributed by atoms with Gasteiger partial charge in [0, 0.05) is 30.7 Å². The Kier molecular flexibility index (Phi) is 5.30. The molecule has 128 valence electrons. The molecule has 2 amide bonds. The first-order valence-corrected chi connectivity index (χ1v) is 8.64. The SMILES string of the molecule is O=C(N[C@@H]1C=C[C@H](CO)C1)C1CCCCN1C(=O)c1ccccc1. The van der Waals surface area contributed by atoms with E-state index >= 15 is 0 Å². The van der Waals surface area contributed by atoms with Crippen LogP contribution < -0.4 is 5.32 Å². The number of carbonyl (C=O) groups excluding carboxylic acids is 2. The zero-order valence-corrected chi connectivity index (χ0v) is 13.7. The van der Waals surface area contributed by atoms with Crippen molar-refractivity contribution in [3.05, 3.63) is 48.0 Å². The van der Waals surface area contributed by atoms with Crippen LogP contribution in [0.4, 0.5) is 0 Å². The number of piperidine rings is 1. The van der Waals surface area contributed by atoms with Crippen LogP contribution in [0.15, 0.2) is 42.5 Å². The first kappa shape index (κ1) is 16.7. The average molecular weight is 328 g/mol. The topological polar surface area (TPSA) is 69.6 Å². The Morgan fingerprint density at radius 3 is 2.67 bits per heavy atom. The van der Waals surface area contributed by atoms with Crippen LogP contribution in [0, 0.1) is 5.92 Å². The van der Waals surface area contributed by atoms with Gasteiger partial charge in [-0.2, -0.15) is 0 Å². The van der Waals surface area contributed by atoms with Gasteiger partial charge in [-0.15, -0.1) is 0 Å². The molecule has 0 spiro atoms. The molecule has 0 saturated carbocycles. The van der Waals surface area contributed by atoms with E-state index in [0.29, 0.717) is 18.5 Å². The maximum atomic E-state index is 12.7. The largest absolute Gasteiger partial charge is 0.396 e. The van der Waals surface area contributed by atoms with Crippen molar-refractivity contribution >= 4 is 11.8 Å². The van der Waals surface area contributed by atoms with Crippen molar-refractivity contribution in [2.45, 2.75) is 37.8 Å². The van der Waals surface area contributed by atoms with Gasteiger partial charge in [-0.05, 0) is 37.8 Å². The number of amides is 2. The highest BCUT2D eigenvalue weighted by Gasteiger charge is 2.33. The Morgan fingerprint density at radius 2 is 1.96 bits per heavy atom. The lowest BCUT2D eigenvalue weighted by molar-refractivity contribution is -0.127. The summed E-state index contributed by atoms with van der Waals surface area (Å²) >= 11 is 0. The third kappa shape index (κ3) is 3.67. The molecule has 2 aliphatic rings. The molecule has 1 saturated heterocycles. The number of rotatable bonds is 4. The maximum absolute atomic E-state index is 12.7. The van der Waals surface area contributed by atoms with E-state index in [1.165, 1.54) is 0 Å². The molecule has 1 heterocycles. The van der Waals surface area contributed by atoms with Crippen LogP contribution in [0.1, 0.15) is 36.0 Å². The molecule has 0 radical (unpaired) electrons. The van der Waals surface area contributed by atoms with Gasteiger partial charge >= 0.3 is 0 Å². The molecular formula is C19H24N2O3. The van der Waals surface area contributed by atoms with E-state index in [2.05, 4.69) is 5.32 Å². The molecule has 0 aromatic heterocycles. The Bertz CT molecular complexity index is 614. The normalized spacial score (nSPS) is 26.4. The van der Waals surface area contributed by atoms with Crippen LogP contribution in [-0.4, -0.2) is 47.1 Å². The smallest absolute Gasteiger partial charge is 0.254 e. The summed E-state index contributed by atoms with van der Waals surface area (Å²) in [7, 11) is 0. The third-order valence-electron chi connectivity index (χ3n) is 4.82. The van der Waals surface area contributed by atoms with Crippen LogP contribution in [0.3, 0.4) is 0 Å². The van der Waals surface area contributed by atoms with E-state index in [1.54, 1.807) is 17.0 Å². The second kappa shape index (κ2) is 7.62. The molecule has 3 atom stereocenters. The Labute approximate surface area is 142 Å². The molecule has 1 aromatic carbocycles. The highest BCUT2D eigenvalue weighted by atomic mass is 16.3. The van der Waals surface area contributed by atoms with Gasteiger partial charge in [-0.3, -0.25) is 9.59 Å². The molecule has 3 rings (SSSR count). The molecule has 1 aliphatic carbocycles. The first-order chi connectivity index (χ1) is 11.7. The molecule has 1 unspecified atom stereocenters. The Morgan fingerprint density at radius 1 is 1.17 bits per heavy atom. The van der Waals surface area contributed by atoms with Crippen LogP contribution in [-0.2, 0) is 4.79 Å². The lowest BCUT2D eigenvalue weighted by Gasteiger charge is -2.35. The summed E-state index contributed by atoms with van der Waals surface area (Å²) in [5, 5.41) is 12.2. The highest BCUT2D eigenvalue weighted by Crippen LogP contribution is 2.22. The molecule has 5 nitrogen and oxygen atoms in total. The fourth-order valence-corrected chi connectivity index (χ4v) is 3.49. The standard InChI is InChI=1S/C19H24N2O3/c22-13-14-9-10-16(12-14)20-18(23)17-8-4-5-11-21(17)19(24)15-6-2-1-3-7-15/h1-3,6-7,9-10,14,16-17,22H,4-5,8,11-13H2,(H,20,23)/t14-,16+,17?/m0/s1. The van der Waals surface area contributed by atoms with E-state index in [-0.39, 0.29) is 30.4 Å². The number of likely N-dealkylation sites (tertiary alicyclic amines) is 1. The number of hydrogen-bond acceptors (Lipinski definition) is 3. The Hall–Kier alpha value is -2.14. The Balaban J connectivity index is 1.67. The van der Waals surface area contributed by atoms with Crippen LogP contribution in [0.5, 0.6) is 0 Å². The summed E-state index contributed by atoms with van der Waals surface area (Å²) in [4.78, 5) is 27.1. The molecular weight excluding hydrogens is 304 g/mol. The molecule has 1 aromatic rings. The zero-order chi connectivity index (χ0) is 16.9. The van der Waals surface area contributed by atoms with Gasteiger partial charge in [0.1, 0.15) is 6.04 Å². The zero-order valence-electron chi connectivity index (χ0n) is 13.7. The van der Waals surface area contributed by atoms with Crippen LogP contribution in [0.2, 0.25) is 0 Å². The maximum Gasteiger partial charge on any atom is 0.254 e. The van der Waals surface area contributed by atoms with Gasteiger partial charge < -0.3 is 15.3 Å². The van der Waals surface area contributed by atoms with Gasteiger partial charge in [0.05, 0.1) is 0 Å². The highest BCUT2D eigenvalue weighted by molar-refractivity contribution is 5.97. The van der Waals surface area contributed by atoms with E-state index < -0.39 is 6.04 Å². The van der Waals surface area contributed by atoms with Gasteiger partial charge in [-0.25, -0.2) is 0 Å². The molecule has 24 heavy (non-hydrogen) atoms. The van der Waals surface area contributed by atoms with Crippen molar-refractivity contribution in [2.24, 2.45) is 5.92 Å². The van der Waals surface area contributed by atoms with Crippen molar-refractivity contribution in [1.82, 2.24) is 10.2 Å². The fourth-order valence-electron chi connectivity index (χ4n) is 3.49. The van der Waals surface area contributed by atoms with Gasteiger partial charge in [0.2, 0.25) is 5.91 Å². The van der Waals surface area contributed by atoms with Crippen molar-refractivity contribution in [1.29, 1.82) is 0 Å². The van der Waals surface area contributed by atoms with Crippen molar-refractivity contribution in [3.8, 4) is 0 Å². The molecule has 0 bridgehead atoms. The molecule has 1 fully saturated rings. The summed E-state index contributed by atoms with van der Waals surface area (Å²) in [5.74, 6) is -0.0541. The van der Waals surface area contributed by atoms with Gasteiger partial charge in [0.15, 0.2) is 0 Å². The summed E-state index contributed by atoms with van der Waals surface area (Å²) in [6.45, 7) is 0.719. The summed E-state index contributed by atoms with van der Waals surface area (Å²) in [6, 6.07) is 8.67. The molecule has 5 heteroatoms. The second-order valence-corrected chi connectivity index (χ2v) is 6.55. The molecule has 1 aliphatic heterocycles. The number of carbonyl (C=O) groups is 2. The minimum atomic E-state index is -0.409. The van der Waals surface area contributed by atoms with Crippen molar-refractivity contribution < 1.29 is 14.7 Å². The third-order valence-corrected chi connectivity index (χ3v) is 4.82. The number of aliphatic hydroxyl groups excluding tert-OH is 1. The number of nitrogens with one attached hydrogen (secondary N) is 1. The number of hydrogen-bond donors (Lipinski definition) is 2. The monoisotopic (exact) mass is 328 g/mol. The second-order valence-electron chi connectivity index (χ2n) is 6.55.